The molecule has 2 unspecified atom stereocenters. The van der Waals surface area contributed by atoms with E-state index in [-0.39, 0.29) is 0 Å². The molecule has 1 saturated carbocycles. The van der Waals surface area contributed by atoms with Gasteiger partial charge in [0, 0.05) is 6.04 Å². The van der Waals surface area contributed by atoms with Crippen LogP contribution in [0.2, 0.25) is 0 Å². The summed E-state index contributed by atoms with van der Waals surface area (Å²) < 4.78 is 0. The van der Waals surface area contributed by atoms with E-state index in [4.69, 9.17) is 0 Å². The van der Waals surface area contributed by atoms with Crippen LogP contribution in [0.1, 0.15) is 52.4 Å². The Morgan fingerprint density at radius 1 is 1.06 bits per heavy atom. The standard InChI is InChI=1S/C15H29NS/c1-12(2)14-5-3-4-6-15(14)16-11-13-7-9-17-10-8-13/h12-16H,3-11H2,1-2H3. The zero-order chi connectivity index (χ0) is 12.1. The van der Waals surface area contributed by atoms with Gasteiger partial charge in [-0.1, -0.05) is 26.7 Å². The fraction of sp³-hybridized carbons (Fsp3) is 1.00. The van der Waals surface area contributed by atoms with E-state index < -0.39 is 0 Å². The minimum atomic E-state index is 0.818. The first kappa shape index (κ1) is 13.7. The molecule has 0 bridgehead atoms. The van der Waals surface area contributed by atoms with Crippen molar-refractivity contribution in [2.24, 2.45) is 17.8 Å². The van der Waals surface area contributed by atoms with Crippen molar-refractivity contribution in [2.75, 3.05) is 18.1 Å². The third kappa shape index (κ3) is 4.17. The van der Waals surface area contributed by atoms with E-state index in [1.165, 1.54) is 56.6 Å². The average molecular weight is 255 g/mol. The lowest BCUT2D eigenvalue weighted by atomic mass is 9.77. The molecule has 1 aliphatic heterocycles. The molecule has 0 aromatic rings. The second kappa shape index (κ2) is 7.04. The van der Waals surface area contributed by atoms with Gasteiger partial charge in [-0.2, -0.15) is 11.8 Å². The zero-order valence-corrected chi connectivity index (χ0v) is 12.4. The summed E-state index contributed by atoms with van der Waals surface area (Å²) in [5.41, 5.74) is 0. The Bertz CT molecular complexity index is 211. The summed E-state index contributed by atoms with van der Waals surface area (Å²) in [5.74, 6) is 5.54. The Hall–Kier alpha value is 0.310. The van der Waals surface area contributed by atoms with Gasteiger partial charge >= 0.3 is 0 Å². The van der Waals surface area contributed by atoms with E-state index in [1.54, 1.807) is 0 Å². The molecule has 0 amide bonds. The van der Waals surface area contributed by atoms with Crippen LogP contribution in [0.5, 0.6) is 0 Å². The molecular weight excluding hydrogens is 226 g/mol. The molecule has 2 heteroatoms. The highest BCUT2D eigenvalue weighted by Crippen LogP contribution is 2.30. The van der Waals surface area contributed by atoms with Crippen LogP contribution in [0.4, 0.5) is 0 Å². The lowest BCUT2D eigenvalue weighted by Crippen LogP contribution is -2.43. The predicted molar refractivity (Wildman–Crippen MR) is 78.6 cm³/mol. The molecule has 1 N–H and O–H groups in total. The maximum Gasteiger partial charge on any atom is 0.00978 e. The molecule has 2 fully saturated rings. The van der Waals surface area contributed by atoms with Crippen molar-refractivity contribution in [3.05, 3.63) is 0 Å². The van der Waals surface area contributed by atoms with Crippen LogP contribution in [-0.4, -0.2) is 24.1 Å². The molecule has 0 radical (unpaired) electrons. The van der Waals surface area contributed by atoms with Crippen LogP contribution in [-0.2, 0) is 0 Å². The highest BCUT2D eigenvalue weighted by atomic mass is 32.2. The summed E-state index contributed by atoms with van der Waals surface area (Å²) in [6.45, 7) is 6.10. The Balaban J connectivity index is 1.75. The fourth-order valence-corrected chi connectivity index (χ4v) is 4.68. The van der Waals surface area contributed by atoms with Gasteiger partial charge < -0.3 is 5.32 Å². The summed E-state index contributed by atoms with van der Waals surface area (Å²) in [7, 11) is 0. The van der Waals surface area contributed by atoms with Crippen molar-refractivity contribution in [3.8, 4) is 0 Å². The molecule has 1 nitrogen and oxygen atoms in total. The maximum atomic E-state index is 3.91. The van der Waals surface area contributed by atoms with Crippen molar-refractivity contribution in [1.82, 2.24) is 5.32 Å². The van der Waals surface area contributed by atoms with E-state index >= 15 is 0 Å². The summed E-state index contributed by atoms with van der Waals surface area (Å²) in [6, 6.07) is 0.818. The second-order valence-corrected chi connectivity index (χ2v) is 7.49. The summed E-state index contributed by atoms with van der Waals surface area (Å²) >= 11 is 2.14. The van der Waals surface area contributed by atoms with Crippen LogP contribution >= 0.6 is 11.8 Å². The van der Waals surface area contributed by atoms with Gasteiger partial charge in [0.25, 0.3) is 0 Å². The molecule has 1 aliphatic carbocycles. The van der Waals surface area contributed by atoms with Gasteiger partial charge in [0.05, 0.1) is 0 Å². The SMILES string of the molecule is CC(C)C1CCCCC1NCC1CCSCC1. The molecule has 100 valence electrons. The Labute approximate surface area is 112 Å². The Morgan fingerprint density at radius 3 is 2.47 bits per heavy atom. The molecule has 1 saturated heterocycles. The van der Waals surface area contributed by atoms with Gasteiger partial charge in [0.1, 0.15) is 0 Å². The van der Waals surface area contributed by atoms with Crippen molar-refractivity contribution in [1.29, 1.82) is 0 Å². The van der Waals surface area contributed by atoms with Crippen LogP contribution in [0, 0.1) is 17.8 Å². The largest absolute Gasteiger partial charge is 0.313 e. The number of thioether (sulfide) groups is 1. The average Bonchev–Trinajstić information content (AvgIpc) is 2.38. The highest BCUT2D eigenvalue weighted by Gasteiger charge is 2.27. The fourth-order valence-electron chi connectivity index (χ4n) is 3.48. The highest BCUT2D eigenvalue weighted by molar-refractivity contribution is 7.99. The van der Waals surface area contributed by atoms with E-state index in [0.29, 0.717) is 0 Å². The van der Waals surface area contributed by atoms with Gasteiger partial charge in [-0.3, -0.25) is 0 Å². The van der Waals surface area contributed by atoms with E-state index in [1.807, 2.05) is 0 Å². The maximum absolute atomic E-state index is 3.91. The minimum absolute atomic E-state index is 0.818. The normalized spacial score (nSPS) is 31.9. The van der Waals surface area contributed by atoms with E-state index in [0.717, 1.165) is 23.8 Å². The molecule has 0 aromatic carbocycles. The summed E-state index contributed by atoms with van der Waals surface area (Å²) in [5, 5.41) is 3.91. The van der Waals surface area contributed by atoms with Crippen molar-refractivity contribution in [3.63, 3.8) is 0 Å². The third-order valence-electron chi connectivity index (χ3n) is 4.69. The van der Waals surface area contributed by atoms with Crippen molar-refractivity contribution in [2.45, 2.75) is 58.4 Å². The molecule has 1 heterocycles. The lowest BCUT2D eigenvalue weighted by Gasteiger charge is -2.36. The quantitative estimate of drug-likeness (QED) is 0.817. The topological polar surface area (TPSA) is 12.0 Å². The van der Waals surface area contributed by atoms with Gasteiger partial charge in [0.2, 0.25) is 0 Å². The predicted octanol–water partition coefficient (Wildman–Crippen LogP) is 3.93. The van der Waals surface area contributed by atoms with Crippen LogP contribution in [0.15, 0.2) is 0 Å². The van der Waals surface area contributed by atoms with E-state index in [2.05, 4.69) is 30.9 Å². The Morgan fingerprint density at radius 2 is 1.76 bits per heavy atom. The second-order valence-electron chi connectivity index (χ2n) is 6.26. The van der Waals surface area contributed by atoms with Crippen LogP contribution < -0.4 is 5.32 Å². The van der Waals surface area contributed by atoms with Gasteiger partial charge in [-0.25, -0.2) is 0 Å². The summed E-state index contributed by atoms with van der Waals surface area (Å²) in [6.07, 6.45) is 8.66. The number of hydrogen-bond donors (Lipinski definition) is 1. The molecule has 0 spiro atoms. The smallest absolute Gasteiger partial charge is 0.00978 e. The third-order valence-corrected chi connectivity index (χ3v) is 5.73. The van der Waals surface area contributed by atoms with Gasteiger partial charge in [-0.15, -0.1) is 0 Å². The molecular formula is C15H29NS. The molecule has 0 aromatic heterocycles. The minimum Gasteiger partial charge on any atom is -0.313 e. The van der Waals surface area contributed by atoms with Crippen LogP contribution in [0.25, 0.3) is 0 Å². The van der Waals surface area contributed by atoms with Gasteiger partial charge in [0.15, 0.2) is 0 Å². The molecule has 2 aliphatic rings. The first-order chi connectivity index (χ1) is 8.27. The monoisotopic (exact) mass is 255 g/mol. The molecule has 2 atom stereocenters. The zero-order valence-electron chi connectivity index (χ0n) is 11.6. The first-order valence-electron chi connectivity index (χ1n) is 7.58. The number of nitrogens with one attached hydrogen (secondary N) is 1. The van der Waals surface area contributed by atoms with Crippen LogP contribution in [0.3, 0.4) is 0 Å². The Kier molecular flexibility index (Phi) is 5.68. The molecule has 17 heavy (non-hydrogen) atoms. The number of hydrogen-bond acceptors (Lipinski definition) is 2. The van der Waals surface area contributed by atoms with Crippen molar-refractivity contribution < 1.29 is 0 Å². The van der Waals surface area contributed by atoms with E-state index in [9.17, 15) is 0 Å². The molecule has 2 rings (SSSR count). The summed E-state index contributed by atoms with van der Waals surface area (Å²) in [4.78, 5) is 0. The lowest BCUT2D eigenvalue weighted by molar-refractivity contribution is 0.198. The first-order valence-corrected chi connectivity index (χ1v) is 8.74. The van der Waals surface area contributed by atoms with Crippen molar-refractivity contribution >= 4 is 11.8 Å². The number of rotatable bonds is 4. The van der Waals surface area contributed by atoms with Gasteiger partial charge in [-0.05, 0) is 61.5 Å².